The van der Waals surface area contributed by atoms with Crippen LogP contribution in [-0.2, 0) is 6.42 Å². The topological polar surface area (TPSA) is 12.0 Å². The first-order chi connectivity index (χ1) is 9.60. The third-order valence-corrected chi connectivity index (χ3v) is 3.47. The molecule has 0 fully saturated rings. The molecule has 0 saturated heterocycles. The van der Waals surface area contributed by atoms with Crippen LogP contribution >= 0.6 is 0 Å². The number of rotatable bonds is 5. The van der Waals surface area contributed by atoms with E-state index in [9.17, 15) is 8.78 Å². The van der Waals surface area contributed by atoms with Crippen molar-refractivity contribution in [1.82, 2.24) is 5.32 Å². The second-order valence-electron chi connectivity index (χ2n) is 5.11. The summed E-state index contributed by atoms with van der Waals surface area (Å²) in [6.07, 6.45) is 0.480. The molecule has 2 aromatic rings. The summed E-state index contributed by atoms with van der Waals surface area (Å²) in [6, 6.07) is 11.8. The Kier molecular flexibility index (Phi) is 4.85. The molecule has 106 valence electrons. The second-order valence-corrected chi connectivity index (χ2v) is 5.11. The molecule has 2 aromatic carbocycles. The van der Waals surface area contributed by atoms with Gasteiger partial charge in [0.2, 0.25) is 0 Å². The Morgan fingerprint density at radius 2 is 1.75 bits per heavy atom. The van der Waals surface area contributed by atoms with Gasteiger partial charge in [-0.1, -0.05) is 29.8 Å². The summed E-state index contributed by atoms with van der Waals surface area (Å²) in [5, 5.41) is 3.12. The smallest absolute Gasteiger partial charge is 0.126 e. The number of hydrogen-bond donors (Lipinski definition) is 1. The van der Waals surface area contributed by atoms with Crippen molar-refractivity contribution in [3.05, 3.63) is 70.8 Å². The number of hydrogen-bond acceptors (Lipinski definition) is 1. The molecule has 0 aliphatic carbocycles. The molecular formula is C17H19F2N. The van der Waals surface area contributed by atoms with Gasteiger partial charge < -0.3 is 5.32 Å². The average Bonchev–Trinajstić information content (AvgIpc) is 2.43. The van der Waals surface area contributed by atoms with Gasteiger partial charge in [0.25, 0.3) is 0 Å². The Morgan fingerprint density at radius 1 is 1.05 bits per heavy atom. The highest BCUT2D eigenvalue weighted by Gasteiger charge is 2.14. The van der Waals surface area contributed by atoms with Gasteiger partial charge in [0, 0.05) is 12.5 Å². The Labute approximate surface area is 118 Å². The van der Waals surface area contributed by atoms with Gasteiger partial charge in [-0.25, -0.2) is 8.78 Å². The number of likely N-dealkylation sites (N-methyl/N-ethyl adjacent to an activating group) is 1. The largest absolute Gasteiger partial charge is 0.319 e. The van der Waals surface area contributed by atoms with Crippen molar-refractivity contribution in [2.24, 2.45) is 0 Å². The monoisotopic (exact) mass is 275 g/mol. The van der Waals surface area contributed by atoms with Crippen LogP contribution in [0.25, 0.3) is 0 Å². The standard InChI is InChI=1S/C17H19F2N/c1-12-3-5-13(6-4-12)15(11-20-2)9-14-10-16(18)7-8-17(14)19/h3-8,10,15,20H,9,11H2,1-2H3. The van der Waals surface area contributed by atoms with Crippen molar-refractivity contribution in [2.75, 3.05) is 13.6 Å². The molecule has 0 spiro atoms. The Bertz CT molecular complexity index is 564. The third kappa shape index (κ3) is 3.64. The van der Waals surface area contributed by atoms with Gasteiger partial charge in [0.05, 0.1) is 0 Å². The maximum atomic E-state index is 13.8. The molecule has 1 unspecified atom stereocenters. The summed E-state index contributed by atoms with van der Waals surface area (Å²) >= 11 is 0. The molecule has 0 aliphatic rings. The van der Waals surface area contributed by atoms with Crippen LogP contribution in [0.3, 0.4) is 0 Å². The lowest BCUT2D eigenvalue weighted by molar-refractivity contribution is 0.560. The molecule has 3 heteroatoms. The zero-order chi connectivity index (χ0) is 14.5. The first-order valence-electron chi connectivity index (χ1n) is 6.75. The van der Waals surface area contributed by atoms with Gasteiger partial charge >= 0.3 is 0 Å². The number of aryl methyl sites for hydroxylation is 1. The predicted octanol–water partition coefficient (Wildman–Crippen LogP) is 3.82. The van der Waals surface area contributed by atoms with E-state index < -0.39 is 5.82 Å². The molecule has 0 heterocycles. The molecule has 1 N–H and O–H groups in total. The lowest BCUT2D eigenvalue weighted by Gasteiger charge is -2.18. The summed E-state index contributed by atoms with van der Waals surface area (Å²) in [5.74, 6) is -0.620. The SMILES string of the molecule is CNCC(Cc1cc(F)ccc1F)c1ccc(C)cc1. The molecule has 0 bridgehead atoms. The van der Waals surface area contributed by atoms with E-state index in [0.29, 0.717) is 12.0 Å². The number of benzene rings is 2. The normalized spacial score (nSPS) is 12.4. The molecular weight excluding hydrogens is 256 g/mol. The highest BCUT2D eigenvalue weighted by molar-refractivity contribution is 5.28. The van der Waals surface area contributed by atoms with Crippen LogP contribution in [0.5, 0.6) is 0 Å². The van der Waals surface area contributed by atoms with Crippen molar-refractivity contribution in [1.29, 1.82) is 0 Å². The fourth-order valence-electron chi connectivity index (χ4n) is 2.36. The van der Waals surface area contributed by atoms with Gasteiger partial charge in [-0.15, -0.1) is 0 Å². The van der Waals surface area contributed by atoms with E-state index in [1.165, 1.54) is 17.7 Å². The lowest BCUT2D eigenvalue weighted by Crippen LogP contribution is -2.19. The van der Waals surface area contributed by atoms with Gasteiger partial charge in [-0.2, -0.15) is 0 Å². The molecule has 2 rings (SSSR count). The molecule has 1 nitrogen and oxygen atoms in total. The van der Waals surface area contributed by atoms with Crippen molar-refractivity contribution in [3.8, 4) is 0 Å². The molecule has 0 amide bonds. The summed E-state index contributed by atoms with van der Waals surface area (Å²) in [6.45, 7) is 2.75. The van der Waals surface area contributed by atoms with Crippen LogP contribution < -0.4 is 5.32 Å². The van der Waals surface area contributed by atoms with Crippen molar-refractivity contribution in [2.45, 2.75) is 19.3 Å². The van der Waals surface area contributed by atoms with Crippen molar-refractivity contribution >= 4 is 0 Å². The van der Waals surface area contributed by atoms with E-state index in [-0.39, 0.29) is 11.7 Å². The van der Waals surface area contributed by atoms with E-state index in [1.807, 2.05) is 26.1 Å². The molecule has 0 radical (unpaired) electrons. The van der Waals surface area contributed by atoms with E-state index in [2.05, 4.69) is 17.4 Å². The second kappa shape index (κ2) is 6.62. The predicted molar refractivity (Wildman–Crippen MR) is 77.9 cm³/mol. The first-order valence-corrected chi connectivity index (χ1v) is 6.75. The third-order valence-electron chi connectivity index (χ3n) is 3.47. The van der Waals surface area contributed by atoms with E-state index in [0.717, 1.165) is 18.2 Å². The Balaban J connectivity index is 2.25. The zero-order valence-corrected chi connectivity index (χ0v) is 11.8. The van der Waals surface area contributed by atoms with E-state index >= 15 is 0 Å². The van der Waals surface area contributed by atoms with E-state index in [1.54, 1.807) is 0 Å². The fourth-order valence-corrected chi connectivity index (χ4v) is 2.36. The zero-order valence-electron chi connectivity index (χ0n) is 11.8. The van der Waals surface area contributed by atoms with Gasteiger partial charge in [-0.05, 0) is 49.7 Å². The quantitative estimate of drug-likeness (QED) is 0.874. The highest BCUT2D eigenvalue weighted by Crippen LogP contribution is 2.23. The molecule has 0 aliphatic heterocycles. The summed E-state index contributed by atoms with van der Waals surface area (Å²) in [7, 11) is 1.86. The van der Waals surface area contributed by atoms with Crippen LogP contribution in [0.2, 0.25) is 0 Å². The highest BCUT2D eigenvalue weighted by atomic mass is 19.1. The molecule has 0 aromatic heterocycles. The lowest BCUT2D eigenvalue weighted by atomic mass is 9.91. The van der Waals surface area contributed by atoms with E-state index in [4.69, 9.17) is 0 Å². The summed E-state index contributed by atoms with van der Waals surface area (Å²) in [4.78, 5) is 0. The minimum atomic E-state index is -0.395. The van der Waals surface area contributed by atoms with Crippen LogP contribution in [0.4, 0.5) is 8.78 Å². The minimum absolute atomic E-state index is 0.122. The van der Waals surface area contributed by atoms with Crippen molar-refractivity contribution in [3.63, 3.8) is 0 Å². The maximum absolute atomic E-state index is 13.8. The molecule has 1 atom stereocenters. The van der Waals surface area contributed by atoms with Crippen molar-refractivity contribution < 1.29 is 8.78 Å². The van der Waals surface area contributed by atoms with Crippen LogP contribution in [0.15, 0.2) is 42.5 Å². The van der Waals surface area contributed by atoms with Crippen LogP contribution in [0.1, 0.15) is 22.6 Å². The maximum Gasteiger partial charge on any atom is 0.126 e. The molecule has 0 saturated carbocycles. The van der Waals surface area contributed by atoms with Crippen LogP contribution in [0, 0.1) is 18.6 Å². The average molecular weight is 275 g/mol. The van der Waals surface area contributed by atoms with Gasteiger partial charge in [-0.3, -0.25) is 0 Å². The number of nitrogens with one attached hydrogen (secondary N) is 1. The minimum Gasteiger partial charge on any atom is -0.319 e. The fraction of sp³-hybridized carbons (Fsp3) is 0.294. The summed E-state index contributed by atoms with van der Waals surface area (Å²) in [5.41, 5.74) is 2.74. The van der Waals surface area contributed by atoms with Crippen LogP contribution in [-0.4, -0.2) is 13.6 Å². The molecule has 20 heavy (non-hydrogen) atoms. The Hall–Kier alpha value is -1.74. The summed E-state index contributed by atoms with van der Waals surface area (Å²) < 4.78 is 27.0. The number of halogens is 2. The first kappa shape index (κ1) is 14.7. The Morgan fingerprint density at radius 3 is 2.40 bits per heavy atom. The van der Waals surface area contributed by atoms with Gasteiger partial charge in [0.1, 0.15) is 11.6 Å². The van der Waals surface area contributed by atoms with Gasteiger partial charge in [0.15, 0.2) is 0 Å².